The molecule has 1 aromatic heterocycles. The molecule has 24 heavy (non-hydrogen) atoms. The summed E-state index contributed by atoms with van der Waals surface area (Å²) in [5, 5.41) is 1.18. The third-order valence-corrected chi connectivity index (χ3v) is 5.97. The van der Waals surface area contributed by atoms with Crippen molar-refractivity contribution in [2.45, 2.75) is 20.4 Å². The van der Waals surface area contributed by atoms with Crippen molar-refractivity contribution in [3.05, 3.63) is 59.2 Å². The minimum atomic E-state index is 1.05. The van der Waals surface area contributed by atoms with Gasteiger partial charge in [0.1, 0.15) is 0 Å². The third kappa shape index (κ3) is 3.17. The number of fused-ring (bicyclic) bond motifs is 1. The van der Waals surface area contributed by atoms with Crippen LogP contribution in [-0.2, 0) is 6.54 Å². The Labute approximate surface area is 147 Å². The summed E-state index contributed by atoms with van der Waals surface area (Å²) in [5.74, 6) is 0. The maximum Gasteiger partial charge on any atom is 0.186 e. The molecule has 0 atom stereocenters. The summed E-state index contributed by atoms with van der Waals surface area (Å²) in [6.07, 6.45) is 0. The molecule has 1 aliphatic heterocycles. The molecule has 4 heteroatoms. The number of benzene rings is 2. The first-order valence-corrected chi connectivity index (χ1v) is 9.40. The lowest BCUT2D eigenvalue weighted by Gasteiger charge is -2.34. The molecule has 1 saturated heterocycles. The topological polar surface area (TPSA) is 19.4 Å². The fourth-order valence-corrected chi connectivity index (χ4v) is 4.51. The molecule has 0 unspecified atom stereocenters. The van der Waals surface area contributed by atoms with Crippen LogP contribution < -0.4 is 4.90 Å². The molecule has 0 aliphatic carbocycles. The second kappa shape index (κ2) is 6.54. The highest BCUT2D eigenvalue weighted by Gasteiger charge is 2.20. The van der Waals surface area contributed by atoms with Crippen LogP contribution >= 0.6 is 11.3 Å². The molecule has 2 heterocycles. The smallest absolute Gasteiger partial charge is 0.186 e. The first-order chi connectivity index (χ1) is 11.7. The van der Waals surface area contributed by atoms with Gasteiger partial charge in [-0.2, -0.15) is 0 Å². The van der Waals surface area contributed by atoms with Crippen molar-refractivity contribution in [2.75, 3.05) is 31.1 Å². The molecule has 1 aliphatic rings. The van der Waals surface area contributed by atoms with Gasteiger partial charge >= 0.3 is 0 Å². The van der Waals surface area contributed by atoms with Crippen molar-refractivity contribution in [1.82, 2.24) is 9.88 Å². The van der Waals surface area contributed by atoms with Gasteiger partial charge in [0, 0.05) is 32.7 Å². The van der Waals surface area contributed by atoms with Crippen LogP contribution in [0.2, 0.25) is 0 Å². The molecule has 0 amide bonds. The number of aryl methyl sites for hydroxylation is 2. The van der Waals surface area contributed by atoms with Gasteiger partial charge < -0.3 is 4.90 Å². The van der Waals surface area contributed by atoms with E-state index >= 15 is 0 Å². The summed E-state index contributed by atoms with van der Waals surface area (Å²) in [7, 11) is 0. The zero-order valence-electron chi connectivity index (χ0n) is 14.3. The molecule has 2 aromatic carbocycles. The molecular formula is C20H23N3S. The van der Waals surface area contributed by atoms with Gasteiger partial charge in [0.25, 0.3) is 0 Å². The maximum absolute atomic E-state index is 4.89. The Kier molecular flexibility index (Phi) is 4.25. The van der Waals surface area contributed by atoms with Crippen LogP contribution in [0, 0.1) is 13.8 Å². The molecule has 0 radical (unpaired) electrons. The second-order valence-electron chi connectivity index (χ2n) is 6.68. The van der Waals surface area contributed by atoms with Crippen LogP contribution in [0.3, 0.4) is 0 Å². The molecule has 0 bridgehead atoms. The Hall–Kier alpha value is -1.91. The maximum atomic E-state index is 4.89. The summed E-state index contributed by atoms with van der Waals surface area (Å²) >= 11 is 1.84. The third-order valence-electron chi connectivity index (χ3n) is 4.70. The van der Waals surface area contributed by atoms with Crippen molar-refractivity contribution in [2.24, 2.45) is 0 Å². The Morgan fingerprint density at radius 2 is 1.75 bits per heavy atom. The van der Waals surface area contributed by atoms with Crippen LogP contribution in [-0.4, -0.2) is 36.1 Å². The van der Waals surface area contributed by atoms with Crippen molar-refractivity contribution in [1.29, 1.82) is 0 Å². The monoisotopic (exact) mass is 337 g/mol. The fraction of sp³-hybridized carbons (Fsp3) is 0.350. The van der Waals surface area contributed by atoms with E-state index in [0.29, 0.717) is 0 Å². The Balaban J connectivity index is 1.45. The SMILES string of the molecule is Cc1cc(C)c2sc(N3CCN(Cc4ccccc4)CC3)nc2c1. The van der Waals surface area contributed by atoms with Gasteiger partial charge in [-0.1, -0.05) is 47.7 Å². The summed E-state index contributed by atoms with van der Waals surface area (Å²) in [5.41, 5.74) is 5.19. The van der Waals surface area contributed by atoms with Crippen molar-refractivity contribution < 1.29 is 0 Å². The first-order valence-electron chi connectivity index (χ1n) is 8.58. The van der Waals surface area contributed by atoms with Gasteiger partial charge in [0.05, 0.1) is 10.2 Å². The number of rotatable bonds is 3. The highest BCUT2D eigenvalue weighted by Crippen LogP contribution is 2.32. The molecule has 0 N–H and O–H groups in total. The molecule has 0 saturated carbocycles. The van der Waals surface area contributed by atoms with Gasteiger partial charge in [-0.3, -0.25) is 4.90 Å². The number of hydrogen-bond acceptors (Lipinski definition) is 4. The predicted octanol–water partition coefficient (Wildman–Crippen LogP) is 4.24. The van der Waals surface area contributed by atoms with Gasteiger partial charge in [-0.15, -0.1) is 0 Å². The van der Waals surface area contributed by atoms with E-state index in [2.05, 4.69) is 66.1 Å². The van der Waals surface area contributed by atoms with Gasteiger partial charge in [0.15, 0.2) is 5.13 Å². The highest BCUT2D eigenvalue weighted by atomic mass is 32.1. The Bertz CT molecular complexity index is 833. The molecule has 124 valence electrons. The Morgan fingerprint density at radius 3 is 2.50 bits per heavy atom. The van der Waals surface area contributed by atoms with E-state index in [1.165, 1.54) is 26.5 Å². The number of thiazole rings is 1. The number of hydrogen-bond donors (Lipinski definition) is 0. The first kappa shape index (κ1) is 15.6. The van der Waals surface area contributed by atoms with Gasteiger partial charge in [-0.05, 0) is 36.6 Å². The van der Waals surface area contributed by atoms with Gasteiger partial charge in [0.2, 0.25) is 0 Å². The van der Waals surface area contributed by atoms with E-state index in [0.717, 1.165) is 38.2 Å². The van der Waals surface area contributed by atoms with Crippen molar-refractivity contribution in [3.8, 4) is 0 Å². The summed E-state index contributed by atoms with van der Waals surface area (Å²) in [4.78, 5) is 9.87. The van der Waals surface area contributed by atoms with E-state index in [1.54, 1.807) is 0 Å². The van der Waals surface area contributed by atoms with E-state index in [4.69, 9.17) is 4.98 Å². The van der Waals surface area contributed by atoms with E-state index in [-0.39, 0.29) is 0 Å². The zero-order valence-corrected chi connectivity index (χ0v) is 15.1. The largest absolute Gasteiger partial charge is 0.345 e. The fourth-order valence-electron chi connectivity index (χ4n) is 3.44. The highest BCUT2D eigenvalue weighted by molar-refractivity contribution is 7.22. The van der Waals surface area contributed by atoms with Crippen LogP contribution in [0.15, 0.2) is 42.5 Å². The van der Waals surface area contributed by atoms with Crippen LogP contribution in [0.1, 0.15) is 16.7 Å². The summed E-state index contributed by atoms with van der Waals surface area (Å²) in [6.45, 7) is 9.71. The molecule has 4 rings (SSSR count). The minimum absolute atomic E-state index is 1.05. The summed E-state index contributed by atoms with van der Waals surface area (Å²) in [6, 6.07) is 15.2. The van der Waals surface area contributed by atoms with E-state index < -0.39 is 0 Å². The molecule has 3 nitrogen and oxygen atoms in total. The van der Waals surface area contributed by atoms with E-state index in [1.807, 2.05) is 11.3 Å². The van der Waals surface area contributed by atoms with Crippen molar-refractivity contribution in [3.63, 3.8) is 0 Å². The van der Waals surface area contributed by atoms with Crippen LogP contribution in [0.25, 0.3) is 10.2 Å². The lowest BCUT2D eigenvalue weighted by Crippen LogP contribution is -2.45. The lowest BCUT2D eigenvalue weighted by atomic mass is 10.1. The molecule has 0 spiro atoms. The average molecular weight is 337 g/mol. The number of aromatic nitrogens is 1. The van der Waals surface area contributed by atoms with Crippen molar-refractivity contribution >= 4 is 26.7 Å². The summed E-state index contributed by atoms with van der Waals surface area (Å²) < 4.78 is 1.34. The Morgan fingerprint density at radius 1 is 1.00 bits per heavy atom. The van der Waals surface area contributed by atoms with Crippen LogP contribution in [0.4, 0.5) is 5.13 Å². The average Bonchev–Trinajstić information content (AvgIpc) is 3.01. The number of piperazine rings is 1. The standard InChI is InChI=1S/C20H23N3S/c1-15-12-16(2)19-18(13-15)21-20(24-19)23-10-8-22(9-11-23)14-17-6-4-3-5-7-17/h3-7,12-13H,8-11,14H2,1-2H3. The minimum Gasteiger partial charge on any atom is -0.345 e. The number of anilines is 1. The second-order valence-corrected chi connectivity index (χ2v) is 7.65. The van der Waals surface area contributed by atoms with Crippen LogP contribution in [0.5, 0.6) is 0 Å². The van der Waals surface area contributed by atoms with Gasteiger partial charge in [-0.25, -0.2) is 4.98 Å². The predicted molar refractivity (Wildman–Crippen MR) is 103 cm³/mol. The van der Waals surface area contributed by atoms with E-state index in [9.17, 15) is 0 Å². The lowest BCUT2D eigenvalue weighted by molar-refractivity contribution is 0.250. The normalized spacial score (nSPS) is 16.0. The molecule has 1 fully saturated rings. The quantitative estimate of drug-likeness (QED) is 0.713. The zero-order chi connectivity index (χ0) is 16.5. The molecular weight excluding hydrogens is 314 g/mol. The number of nitrogens with zero attached hydrogens (tertiary/aromatic N) is 3. The molecule has 3 aromatic rings.